The average Bonchev–Trinajstić information content (AvgIpc) is 2.36. The monoisotopic (exact) mass is 231 g/mol. The summed E-state index contributed by atoms with van der Waals surface area (Å²) in [6.07, 6.45) is 0. The maximum Gasteiger partial charge on any atom is 0.241 e. The summed E-state index contributed by atoms with van der Waals surface area (Å²) in [5.74, 6) is -0.264. The first kappa shape index (κ1) is 13.2. The minimum Gasteiger partial charge on any atom is -0.353 e. The highest BCUT2D eigenvalue weighted by Gasteiger charge is 2.21. The van der Waals surface area contributed by atoms with Crippen molar-refractivity contribution in [2.24, 2.45) is 11.1 Å². The predicted molar refractivity (Wildman–Crippen MR) is 65.8 cm³/mol. The number of amides is 1. The van der Waals surface area contributed by atoms with Crippen molar-refractivity contribution in [3.8, 4) is 6.07 Å². The third-order valence-corrected chi connectivity index (χ3v) is 2.45. The quantitative estimate of drug-likeness (QED) is 0.821. The number of benzene rings is 1. The summed E-state index contributed by atoms with van der Waals surface area (Å²) >= 11 is 0. The first-order chi connectivity index (χ1) is 7.96. The number of nitrogens with two attached hydrogens (primary N) is 1. The van der Waals surface area contributed by atoms with Crippen LogP contribution in [0, 0.1) is 16.7 Å². The Hall–Kier alpha value is -1.86. The Morgan fingerprint density at radius 1 is 1.47 bits per heavy atom. The Balaban J connectivity index is 2.58. The molecule has 0 saturated heterocycles. The maximum absolute atomic E-state index is 11.8. The van der Waals surface area contributed by atoms with Gasteiger partial charge in [-0.1, -0.05) is 30.3 Å². The molecule has 0 spiro atoms. The lowest BCUT2D eigenvalue weighted by atomic mass is 9.95. The van der Waals surface area contributed by atoms with Crippen molar-refractivity contribution >= 4 is 5.91 Å². The van der Waals surface area contributed by atoms with Gasteiger partial charge in [0.15, 0.2) is 0 Å². The molecular weight excluding hydrogens is 214 g/mol. The summed E-state index contributed by atoms with van der Waals surface area (Å²) in [7, 11) is 0. The highest BCUT2D eigenvalue weighted by atomic mass is 16.2. The molecule has 90 valence electrons. The standard InChI is InChI=1S/C13H17N3O/c1-13(2,8-14)9-16-12(17)11(15)10-6-4-3-5-7-10/h3-7,11H,9,15H2,1-2H3,(H,16,17)/t11-/m1/s1. The third kappa shape index (κ3) is 3.89. The highest BCUT2D eigenvalue weighted by molar-refractivity contribution is 5.82. The molecule has 1 rings (SSSR count). The van der Waals surface area contributed by atoms with Crippen LogP contribution < -0.4 is 11.1 Å². The van der Waals surface area contributed by atoms with E-state index in [9.17, 15) is 4.79 Å². The van der Waals surface area contributed by atoms with Crippen molar-refractivity contribution in [2.45, 2.75) is 19.9 Å². The van der Waals surface area contributed by atoms with Crippen LogP contribution in [0.25, 0.3) is 0 Å². The van der Waals surface area contributed by atoms with Gasteiger partial charge in [0.05, 0.1) is 11.5 Å². The Morgan fingerprint density at radius 3 is 2.59 bits per heavy atom. The molecule has 1 amide bonds. The van der Waals surface area contributed by atoms with E-state index in [1.165, 1.54) is 0 Å². The summed E-state index contributed by atoms with van der Waals surface area (Å²) in [6, 6.07) is 10.6. The van der Waals surface area contributed by atoms with E-state index in [1.54, 1.807) is 26.0 Å². The SMILES string of the molecule is CC(C)(C#N)CNC(=O)[C@H](N)c1ccccc1. The lowest BCUT2D eigenvalue weighted by Gasteiger charge is -2.18. The van der Waals surface area contributed by atoms with Crippen molar-refractivity contribution < 1.29 is 4.79 Å². The zero-order valence-electron chi connectivity index (χ0n) is 10.1. The molecule has 0 aliphatic rings. The maximum atomic E-state index is 11.8. The van der Waals surface area contributed by atoms with E-state index >= 15 is 0 Å². The first-order valence-electron chi connectivity index (χ1n) is 5.46. The molecule has 0 saturated carbocycles. The molecule has 0 aliphatic heterocycles. The predicted octanol–water partition coefficient (Wildman–Crippen LogP) is 1.35. The normalized spacial score (nSPS) is 12.6. The van der Waals surface area contributed by atoms with Crippen molar-refractivity contribution in [1.82, 2.24) is 5.32 Å². The van der Waals surface area contributed by atoms with Crippen molar-refractivity contribution in [3.05, 3.63) is 35.9 Å². The van der Waals surface area contributed by atoms with Crippen LogP contribution in [0.4, 0.5) is 0 Å². The molecule has 0 unspecified atom stereocenters. The Kier molecular flexibility index (Phi) is 4.24. The van der Waals surface area contributed by atoms with E-state index < -0.39 is 11.5 Å². The van der Waals surface area contributed by atoms with Gasteiger partial charge in [0.1, 0.15) is 6.04 Å². The molecule has 1 aromatic carbocycles. The van der Waals surface area contributed by atoms with E-state index in [2.05, 4.69) is 11.4 Å². The summed E-state index contributed by atoms with van der Waals surface area (Å²) < 4.78 is 0. The number of carbonyl (C=O) groups is 1. The van der Waals surface area contributed by atoms with Gasteiger partial charge in [-0.15, -0.1) is 0 Å². The van der Waals surface area contributed by atoms with Crippen LogP contribution in [0.2, 0.25) is 0 Å². The van der Waals surface area contributed by atoms with E-state index in [0.29, 0.717) is 6.54 Å². The lowest BCUT2D eigenvalue weighted by Crippen LogP contribution is -2.39. The second kappa shape index (κ2) is 5.46. The summed E-state index contributed by atoms with van der Waals surface area (Å²) in [6.45, 7) is 3.82. The number of rotatable bonds is 4. The Morgan fingerprint density at radius 2 is 2.06 bits per heavy atom. The van der Waals surface area contributed by atoms with E-state index in [4.69, 9.17) is 11.0 Å². The fraction of sp³-hybridized carbons (Fsp3) is 0.385. The molecular formula is C13H17N3O. The molecule has 3 N–H and O–H groups in total. The van der Waals surface area contributed by atoms with Gasteiger partial charge in [0.2, 0.25) is 5.91 Å². The molecule has 0 fully saturated rings. The van der Waals surface area contributed by atoms with Crippen LogP contribution in [0.1, 0.15) is 25.5 Å². The molecule has 17 heavy (non-hydrogen) atoms. The van der Waals surface area contributed by atoms with Gasteiger partial charge < -0.3 is 11.1 Å². The van der Waals surface area contributed by atoms with Crippen molar-refractivity contribution in [1.29, 1.82) is 5.26 Å². The summed E-state index contributed by atoms with van der Waals surface area (Å²) in [4.78, 5) is 11.8. The minimum absolute atomic E-state index is 0.264. The number of nitrogens with zero attached hydrogens (tertiary/aromatic N) is 1. The molecule has 0 radical (unpaired) electrons. The average molecular weight is 231 g/mol. The molecule has 1 atom stereocenters. The van der Waals surface area contributed by atoms with Gasteiger partial charge in [-0.3, -0.25) is 4.79 Å². The van der Waals surface area contributed by atoms with Gasteiger partial charge in [-0.2, -0.15) is 5.26 Å². The van der Waals surface area contributed by atoms with Crippen LogP contribution in [0.5, 0.6) is 0 Å². The number of hydrogen-bond donors (Lipinski definition) is 2. The Bertz CT molecular complexity index is 420. The van der Waals surface area contributed by atoms with Crippen molar-refractivity contribution in [3.63, 3.8) is 0 Å². The molecule has 4 nitrogen and oxygen atoms in total. The third-order valence-electron chi connectivity index (χ3n) is 2.45. The molecule has 0 bridgehead atoms. The largest absolute Gasteiger partial charge is 0.353 e. The highest BCUT2D eigenvalue weighted by Crippen LogP contribution is 2.13. The second-order valence-electron chi connectivity index (χ2n) is 4.60. The fourth-order valence-corrected chi connectivity index (χ4v) is 1.27. The van der Waals surface area contributed by atoms with Crippen molar-refractivity contribution in [2.75, 3.05) is 6.54 Å². The Labute approximate surface area is 101 Å². The van der Waals surface area contributed by atoms with E-state index in [1.807, 2.05) is 18.2 Å². The molecule has 0 aliphatic carbocycles. The van der Waals surface area contributed by atoms with E-state index in [0.717, 1.165) is 5.56 Å². The van der Waals surface area contributed by atoms with Gasteiger partial charge in [-0.05, 0) is 19.4 Å². The summed E-state index contributed by atoms with van der Waals surface area (Å²) in [5, 5.41) is 11.5. The number of nitrogens with one attached hydrogen (secondary N) is 1. The number of carbonyl (C=O) groups excluding carboxylic acids is 1. The second-order valence-corrected chi connectivity index (χ2v) is 4.60. The molecule has 0 heterocycles. The van der Waals surface area contributed by atoms with Gasteiger partial charge in [-0.25, -0.2) is 0 Å². The molecule has 1 aromatic rings. The number of hydrogen-bond acceptors (Lipinski definition) is 3. The zero-order valence-corrected chi connectivity index (χ0v) is 10.1. The van der Waals surface area contributed by atoms with Crippen LogP contribution >= 0.6 is 0 Å². The van der Waals surface area contributed by atoms with Gasteiger partial charge in [0, 0.05) is 6.54 Å². The smallest absolute Gasteiger partial charge is 0.241 e. The molecule has 0 aromatic heterocycles. The first-order valence-corrected chi connectivity index (χ1v) is 5.46. The minimum atomic E-state index is -0.689. The zero-order chi connectivity index (χ0) is 12.9. The van der Waals surface area contributed by atoms with E-state index in [-0.39, 0.29) is 5.91 Å². The van der Waals surface area contributed by atoms with Crippen LogP contribution in [-0.2, 0) is 4.79 Å². The van der Waals surface area contributed by atoms with Gasteiger partial charge >= 0.3 is 0 Å². The number of nitriles is 1. The summed E-state index contributed by atoms with van der Waals surface area (Å²) in [5.41, 5.74) is 6.00. The molecule has 4 heteroatoms. The van der Waals surface area contributed by atoms with Crippen LogP contribution in [-0.4, -0.2) is 12.5 Å². The fourth-order valence-electron chi connectivity index (χ4n) is 1.27. The lowest BCUT2D eigenvalue weighted by molar-refractivity contribution is -0.122. The van der Waals surface area contributed by atoms with Gasteiger partial charge in [0.25, 0.3) is 0 Å². The van der Waals surface area contributed by atoms with Crippen LogP contribution in [0.15, 0.2) is 30.3 Å². The topological polar surface area (TPSA) is 78.9 Å². The van der Waals surface area contributed by atoms with Crippen LogP contribution in [0.3, 0.4) is 0 Å².